The molecule has 0 unspecified atom stereocenters. The van der Waals surface area contributed by atoms with Crippen molar-refractivity contribution in [1.82, 2.24) is 0 Å². The number of halogens is 2. The minimum atomic E-state index is -0.530. The van der Waals surface area contributed by atoms with Crippen molar-refractivity contribution < 1.29 is 14.5 Å². The number of hydrogen-bond acceptors (Lipinski definition) is 4. The van der Waals surface area contributed by atoms with Gasteiger partial charge in [-0.25, -0.2) is 0 Å². The quantitative estimate of drug-likeness (QED) is 0.275. The Morgan fingerprint density at radius 1 is 1.50 bits per heavy atom. The minimum absolute atomic E-state index is 0.113. The van der Waals surface area contributed by atoms with E-state index in [0.29, 0.717) is 5.56 Å². The van der Waals surface area contributed by atoms with Gasteiger partial charge in [0.1, 0.15) is 9.49 Å². The van der Waals surface area contributed by atoms with Crippen molar-refractivity contribution in [3.8, 4) is 5.75 Å². The van der Waals surface area contributed by atoms with Crippen LogP contribution in [0.25, 0.3) is 0 Å². The highest BCUT2D eigenvalue weighted by Crippen LogP contribution is 2.37. The van der Waals surface area contributed by atoms with Gasteiger partial charge in [0, 0.05) is 6.92 Å². The fourth-order valence-corrected chi connectivity index (χ4v) is 1.87. The second kappa shape index (κ2) is 5.40. The Kier molecular flexibility index (Phi) is 4.43. The van der Waals surface area contributed by atoms with E-state index in [0.717, 1.165) is 0 Å². The van der Waals surface area contributed by atoms with Gasteiger partial charge in [0.25, 0.3) is 5.69 Å². The van der Waals surface area contributed by atoms with E-state index >= 15 is 0 Å². The molecular weight excluding hydrogens is 346 g/mol. The lowest BCUT2D eigenvalue weighted by Gasteiger charge is -2.06. The van der Waals surface area contributed by atoms with Crippen LogP contribution in [0.2, 0.25) is 0 Å². The molecule has 0 amide bonds. The number of nitro groups is 1. The van der Waals surface area contributed by atoms with Gasteiger partial charge in [-0.15, -0.1) is 0 Å². The van der Waals surface area contributed by atoms with Crippen molar-refractivity contribution in [2.45, 2.75) is 10.7 Å². The molecule has 0 aliphatic rings. The predicted molar refractivity (Wildman–Crippen MR) is 65.0 cm³/mol. The summed E-state index contributed by atoms with van der Waals surface area (Å²) in [6.07, 6.45) is 0. The number of rotatable bonds is 3. The van der Waals surface area contributed by atoms with Gasteiger partial charge in [0.05, 0.1) is 16.6 Å². The topological polar surface area (TPSA) is 69.4 Å². The van der Waals surface area contributed by atoms with Crippen LogP contribution in [0.4, 0.5) is 5.69 Å². The van der Waals surface area contributed by atoms with Crippen LogP contribution >= 0.6 is 31.9 Å². The number of alkyl halides is 2. The summed E-state index contributed by atoms with van der Waals surface area (Å²) in [4.78, 5) is 21.0. The van der Waals surface area contributed by atoms with Crippen LogP contribution in [0, 0.1) is 10.1 Å². The van der Waals surface area contributed by atoms with Crippen LogP contribution in [0.1, 0.15) is 16.2 Å². The van der Waals surface area contributed by atoms with Gasteiger partial charge in [-0.05, 0) is 12.1 Å². The van der Waals surface area contributed by atoms with Crippen molar-refractivity contribution >= 4 is 43.5 Å². The number of ether oxygens (including phenoxy) is 1. The largest absolute Gasteiger partial charge is 0.426 e. The molecule has 5 nitrogen and oxygen atoms in total. The summed E-state index contributed by atoms with van der Waals surface area (Å²) in [6, 6.07) is 4.23. The lowest BCUT2D eigenvalue weighted by atomic mass is 10.2. The summed E-state index contributed by atoms with van der Waals surface area (Å²) in [5.41, 5.74) is 0.346. The second-order valence-electron chi connectivity index (χ2n) is 2.87. The normalized spacial score (nSPS) is 10.2. The second-order valence-corrected chi connectivity index (χ2v) is 5.93. The zero-order valence-electron chi connectivity index (χ0n) is 8.15. The summed E-state index contributed by atoms with van der Waals surface area (Å²) in [5.74, 6) is -0.361. The van der Waals surface area contributed by atoms with Gasteiger partial charge in [0.2, 0.25) is 0 Å². The lowest BCUT2D eigenvalue weighted by Crippen LogP contribution is -2.02. The number of nitro benzene ring substituents is 1. The first-order chi connectivity index (χ1) is 7.41. The Hall–Kier alpha value is -0.950. The van der Waals surface area contributed by atoms with Crippen molar-refractivity contribution in [1.29, 1.82) is 0 Å². The van der Waals surface area contributed by atoms with Gasteiger partial charge in [-0.3, -0.25) is 14.9 Å². The molecule has 0 fully saturated rings. The molecular formula is C9H7Br2NO4. The van der Waals surface area contributed by atoms with Crippen LogP contribution in [-0.2, 0) is 4.79 Å². The molecule has 0 spiro atoms. The molecule has 0 aliphatic carbocycles. The van der Waals surface area contributed by atoms with Crippen LogP contribution in [0.5, 0.6) is 5.75 Å². The molecule has 1 rings (SSSR count). The van der Waals surface area contributed by atoms with Crippen LogP contribution in [0.3, 0.4) is 0 Å². The molecule has 0 saturated carbocycles. The highest BCUT2D eigenvalue weighted by atomic mass is 79.9. The molecule has 7 heteroatoms. The number of benzene rings is 1. The van der Waals surface area contributed by atoms with E-state index in [1.165, 1.54) is 25.1 Å². The first kappa shape index (κ1) is 13.1. The average molecular weight is 353 g/mol. The molecule has 0 saturated heterocycles. The number of carbonyl (C=O) groups is 1. The van der Waals surface area contributed by atoms with E-state index in [2.05, 4.69) is 31.9 Å². The Bertz CT molecular complexity index is 434. The van der Waals surface area contributed by atoms with E-state index in [4.69, 9.17) is 4.74 Å². The van der Waals surface area contributed by atoms with Crippen LogP contribution < -0.4 is 4.74 Å². The van der Waals surface area contributed by atoms with E-state index in [-0.39, 0.29) is 15.2 Å². The fraction of sp³-hybridized carbons (Fsp3) is 0.222. The first-order valence-corrected chi connectivity index (χ1v) is 6.00. The molecule has 16 heavy (non-hydrogen) atoms. The Morgan fingerprint density at radius 3 is 2.56 bits per heavy atom. The van der Waals surface area contributed by atoms with Gasteiger partial charge >= 0.3 is 5.97 Å². The summed E-state index contributed by atoms with van der Waals surface area (Å²) in [6.45, 7) is 1.23. The summed E-state index contributed by atoms with van der Waals surface area (Å²) in [5, 5.41) is 10.8. The first-order valence-electron chi connectivity index (χ1n) is 4.16. The third kappa shape index (κ3) is 3.28. The van der Waals surface area contributed by atoms with E-state index in [1.54, 1.807) is 0 Å². The number of hydrogen-bond donors (Lipinski definition) is 0. The molecule has 0 radical (unpaired) electrons. The predicted octanol–water partition coefficient (Wildman–Crippen LogP) is 3.31. The average Bonchev–Trinajstić information content (AvgIpc) is 2.16. The number of carbonyl (C=O) groups excluding carboxylic acids is 1. The summed E-state index contributed by atoms with van der Waals surface area (Å²) in [7, 11) is 0. The molecule has 0 heterocycles. The van der Waals surface area contributed by atoms with Crippen LogP contribution in [-0.4, -0.2) is 10.9 Å². The Morgan fingerprint density at radius 2 is 2.12 bits per heavy atom. The van der Waals surface area contributed by atoms with E-state index in [1.807, 2.05) is 0 Å². The Labute approximate surface area is 108 Å². The van der Waals surface area contributed by atoms with Gasteiger partial charge in [0.15, 0.2) is 0 Å². The lowest BCUT2D eigenvalue weighted by molar-refractivity contribution is -0.385. The van der Waals surface area contributed by atoms with Crippen LogP contribution in [0.15, 0.2) is 18.2 Å². The zero-order valence-corrected chi connectivity index (χ0v) is 11.3. The molecule has 1 aromatic carbocycles. The third-order valence-corrected chi connectivity index (χ3v) is 2.68. The molecule has 86 valence electrons. The molecule has 0 atom stereocenters. The van der Waals surface area contributed by atoms with Crippen molar-refractivity contribution in [3.05, 3.63) is 33.9 Å². The molecule has 1 aromatic rings. The fourth-order valence-electron chi connectivity index (χ4n) is 1.10. The smallest absolute Gasteiger partial charge is 0.308 e. The third-order valence-electron chi connectivity index (χ3n) is 1.70. The Balaban J connectivity index is 3.17. The number of nitrogens with zero attached hydrogens (tertiary/aromatic N) is 1. The molecule has 0 N–H and O–H groups in total. The summed E-state index contributed by atoms with van der Waals surface area (Å²) < 4.78 is 4.44. The molecule has 0 aliphatic heterocycles. The maximum Gasteiger partial charge on any atom is 0.308 e. The summed E-state index contributed by atoms with van der Waals surface area (Å²) >= 11 is 6.36. The van der Waals surface area contributed by atoms with Gasteiger partial charge in [-0.1, -0.05) is 31.9 Å². The van der Waals surface area contributed by atoms with Gasteiger partial charge in [-0.2, -0.15) is 0 Å². The maximum atomic E-state index is 10.8. The number of esters is 1. The van der Waals surface area contributed by atoms with Crippen molar-refractivity contribution in [2.24, 2.45) is 0 Å². The van der Waals surface area contributed by atoms with E-state index in [9.17, 15) is 14.9 Å². The van der Waals surface area contributed by atoms with Crippen molar-refractivity contribution in [2.75, 3.05) is 0 Å². The standard InChI is InChI=1S/C9H7Br2NO4/c1-5(13)16-6-2-3-7(9(10)11)8(4-6)12(14)15/h2-4,9H,1H3. The monoisotopic (exact) mass is 351 g/mol. The molecule has 0 bridgehead atoms. The maximum absolute atomic E-state index is 10.8. The molecule has 0 aromatic heterocycles. The highest BCUT2D eigenvalue weighted by Gasteiger charge is 2.19. The minimum Gasteiger partial charge on any atom is -0.426 e. The van der Waals surface area contributed by atoms with Gasteiger partial charge < -0.3 is 4.74 Å². The SMILES string of the molecule is CC(=O)Oc1ccc(C(Br)Br)c([N+](=O)[O-])c1. The van der Waals surface area contributed by atoms with E-state index < -0.39 is 10.9 Å². The zero-order chi connectivity index (χ0) is 12.3. The highest BCUT2D eigenvalue weighted by molar-refractivity contribution is 9.24. The van der Waals surface area contributed by atoms with Crippen molar-refractivity contribution in [3.63, 3.8) is 0 Å².